The first-order chi connectivity index (χ1) is 11.8. The van der Waals surface area contributed by atoms with Crippen LogP contribution < -0.4 is 0 Å². The Bertz CT molecular complexity index is 1010. The number of furan rings is 1. The number of rotatable bonds is 4. The molecule has 0 amide bonds. The Hall–Kier alpha value is -3.06. The van der Waals surface area contributed by atoms with E-state index in [1.54, 1.807) is 47.4 Å². The highest BCUT2D eigenvalue weighted by Crippen LogP contribution is 2.27. The molecule has 0 fully saturated rings. The number of hydrogen-bond donors (Lipinski definition) is 1. The summed E-state index contributed by atoms with van der Waals surface area (Å²) in [5.74, 6) is 0.620. The van der Waals surface area contributed by atoms with Gasteiger partial charge >= 0.3 is 0 Å². The molecule has 3 heterocycles. The fourth-order valence-corrected chi connectivity index (χ4v) is 2.56. The van der Waals surface area contributed by atoms with E-state index in [-0.39, 0.29) is 19.0 Å². The lowest BCUT2D eigenvalue weighted by atomic mass is 10.2. The van der Waals surface area contributed by atoms with E-state index in [0.717, 1.165) is 0 Å². The third-order valence-electron chi connectivity index (χ3n) is 3.70. The lowest BCUT2D eigenvalue weighted by Crippen LogP contribution is -2.04. The number of halogens is 1. The van der Waals surface area contributed by atoms with Gasteiger partial charge in [-0.05, 0) is 18.2 Å². The monoisotopic (exact) mass is 324 g/mol. The summed E-state index contributed by atoms with van der Waals surface area (Å²) in [5, 5.41) is 13.6. The molecular weight excluding hydrogens is 311 g/mol. The van der Waals surface area contributed by atoms with Crippen LogP contribution in [0.1, 0.15) is 11.3 Å². The smallest absolute Gasteiger partial charge is 0.177 e. The molecule has 0 saturated heterocycles. The molecule has 0 aliphatic rings. The third-order valence-corrected chi connectivity index (χ3v) is 3.70. The zero-order valence-electron chi connectivity index (χ0n) is 12.6. The molecule has 1 aromatic carbocycles. The van der Waals surface area contributed by atoms with Gasteiger partial charge in [0.1, 0.15) is 23.7 Å². The van der Waals surface area contributed by atoms with Crippen molar-refractivity contribution in [3.05, 3.63) is 65.9 Å². The predicted molar refractivity (Wildman–Crippen MR) is 84.4 cm³/mol. The molecule has 24 heavy (non-hydrogen) atoms. The van der Waals surface area contributed by atoms with Crippen molar-refractivity contribution in [2.45, 2.75) is 13.2 Å². The van der Waals surface area contributed by atoms with Crippen LogP contribution in [0.4, 0.5) is 4.39 Å². The fourth-order valence-electron chi connectivity index (χ4n) is 2.56. The molecule has 4 aromatic rings. The van der Waals surface area contributed by atoms with E-state index < -0.39 is 0 Å². The maximum Gasteiger partial charge on any atom is 0.177 e. The van der Waals surface area contributed by atoms with Crippen LogP contribution in [0, 0.1) is 5.82 Å². The van der Waals surface area contributed by atoms with Crippen molar-refractivity contribution in [3.8, 4) is 11.5 Å². The normalized spacial score (nSPS) is 11.2. The second-order valence-corrected chi connectivity index (χ2v) is 5.25. The maximum atomic E-state index is 13.9. The highest BCUT2D eigenvalue weighted by molar-refractivity contribution is 5.85. The number of benzene rings is 1. The van der Waals surface area contributed by atoms with Crippen molar-refractivity contribution < 1.29 is 13.9 Å². The van der Waals surface area contributed by atoms with Crippen LogP contribution >= 0.6 is 0 Å². The Balaban J connectivity index is 1.83. The summed E-state index contributed by atoms with van der Waals surface area (Å²) in [6, 6.07) is 9.92. The highest BCUT2D eigenvalue weighted by Gasteiger charge is 2.18. The Morgan fingerprint density at radius 2 is 1.92 bits per heavy atom. The molecule has 4 rings (SSSR count). The van der Waals surface area contributed by atoms with Crippen molar-refractivity contribution in [2.75, 3.05) is 0 Å². The molecule has 0 unspecified atom stereocenters. The molecule has 0 atom stereocenters. The molecule has 0 saturated carbocycles. The average molecular weight is 324 g/mol. The molecule has 1 N–H and O–H groups in total. The zero-order chi connectivity index (χ0) is 16.5. The number of aliphatic hydroxyl groups is 1. The van der Waals surface area contributed by atoms with E-state index in [4.69, 9.17) is 9.52 Å². The summed E-state index contributed by atoms with van der Waals surface area (Å²) < 4.78 is 21.1. The van der Waals surface area contributed by atoms with Crippen molar-refractivity contribution in [1.29, 1.82) is 0 Å². The predicted octanol–water partition coefficient (Wildman–Crippen LogP) is 2.77. The maximum absolute atomic E-state index is 13.9. The Morgan fingerprint density at radius 3 is 2.71 bits per heavy atom. The lowest BCUT2D eigenvalue weighted by Gasteiger charge is -2.03. The second kappa shape index (κ2) is 5.86. The highest BCUT2D eigenvalue weighted by atomic mass is 19.1. The summed E-state index contributed by atoms with van der Waals surface area (Å²) in [6.45, 7) is 0.0367. The summed E-state index contributed by atoms with van der Waals surface area (Å²) in [5.41, 5.74) is 2.12. The van der Waals surface area contributed by atoms with E-state index in [1.807, 2.05) is 0 Å². The van der Waals surface area contributed by atoms with Gasteiger partial charge < -0.3 is 9.52 Å². The van der Waals surface area contributed by atoms with Gasteiger partial charge in [-0.2, -0.15) is 5.10 Å². The van der Waals surface area contributed by atoms with Crippen LogP contribution in [0.2, 0.25) is 0 Å². The Kier molecular flexibility index (Phi) is 3.55. The van der Waals surface area contributed by atoms with Gasteiger partial charge in [-0.1, -0.05) is 18.2 Å². The molecule has 120 valence electrons. The van der Waals surface area contributed by atoms with E-state index in [9.17, 15) is 4.39 Å². The standard InChI is InChI=1S/C17H13FN4O2/c18-13-4-2-1-3-11(13)9-22-17-16(19-7-8-20-17)15(21-22)14-6-5-12(10-23)24-14/h1-8,23H,9-10H2. The minimum absolute atomic E-state index is 0.195. The summed E-state index contributed by atoms with van der Waals surface area (Å²) in [6.07, 6.45) is 3.13. The molecule has 3 aromatic heterocycles. The average Bonchev–Trinajstić information content (AvgIpc) is 3.22. The molecule has 0 spiro atoms. The molecule has 0 aliphatic carbocycles. The molecule has 0 radical (unpaired) electrons. The largest absolute Gasteiger partial charge is 0.457 e. The van der Waals surface area contributed by atoms with Gasteiger partial charge in [0.25, 0.3) is 0 Å². The van der Waals surface area contributed by atoms with Crippen LogP contribution in [-0.2, 0) is 13.2 Å². The van der Waals surface area contributed by atoms with E-state index in [1.165, 1.54) is 6.07 Å². The van der Waals surface area contributed by atoms with E-state index >= 15 is 0 Å². The van der Waals surface area contributed by atoms with Gasteiger partial charge in [-0.3, -0.25) is 0 Å². The van der Waals surface area contributed by atoms with Crippen LogP contribution in [0.3, 0.4) is 0 Å². The van der Waals surface area contributed by atoms with Gasteiger partial charge in [-0.15, -0.1) is 0 Å². The van der Waals surface area contributed by atoms with Gasteiger partial charge in [0.05, 0.1) is 6.54 Å². The molecule has 0 aliphatic heterocycles. The third kappa shape index (κ3) is 2.44. The second-order valence-electron chi connectivity index (χ2n) is 5.25. The number of hydrogen-bond acceptors (Lipinski definition) is 5. The minimum Gasteiger partial charge on any atom is -0.457 e. The zero-order valence-corrected chi connectivity index (χ0v) is 12.6. The van der Waals surface area contributed by atoms with Crippen LogP contribution in [-0.4, -0.2) is 24.9 Å². The molecule has 7 heteroatoms. The quantitative estimate of drug-likeness (QED) is 0.624. The number of aliphatic hydroxyl groups excluding tert-OH is 1. The van der Waals surface area contributed by atoms with E-state index in [2.05, 4.69) is 15.1 Å². The van der Waals surface area contributed by atoms with Crippen molar-refractivity contribution in [1.82, 2.24) is 19.7 Å². The molecular formula is C17H13FN4O2. The van der Waals surface area contributed by atoms with Gasteiger partial charge in [0.15, 0.2) is 17.1 Å². The SMILES string of the molecule is OCc1ccc(-c2nn(Cc3ccccc3F)c3nccnc23)o1. The number of fused-ring (bicyclic) bond motifs is 1. The van der Waals surface area contributed by atoms with E-state index in [0.29, 0.717) is 33.9 Å². The number of nitrogens with zero attached hydrogens (tertiary/aromatic N) is 4. The summed E-state index contributed by atoms with van der Waals surface area (Å²) >= 11 is 0. The van der Waals surface area contributed by atoms with Gasteiger partial charge in [-0.25, -0.2) is 19.0 Å². The van der Waals surface area contributed by atoms with Crippen LogP contribution in [0.25, 0.3) is 22.6 Å². The molecule has 6 nitrogen and oxygen atoms in total. The minimum atomic E-state index is -0.299. The molecule has 0 bridgehead atoms. The fraction of sp³-hybridized carbons (Fsp3) is 0.118. The van der Waals surface area contributed by atoms with Gasteiger partial charge in [0, 0.05) is 18.0 Å². The first-order valence-corrected chi connectivity index (χ1v) is 7.37. The summed E-state index contributed by atoms with van der Waals surface area (Å²) in [4.78, 5) is 8.62. The van der Waals surface area contributed by atoms with Gasteiger partial charge in [0.2, 0.25) is 0 Å². The van der Waals surface area contributed by atoms with Crippen LogP contribution in [0.5, 0.6) is 0 Å². The van der Waals surface area contributed by atoms with Crippen molar-refractivity contribution in [3.63, 3.8) is 0 Å². The first-order valence-electron chi connectivity index (χ1n) is 7.37. The Morgan fingerprint density at radius 1 is 1.08 bits per heavy atom. The first kappa shape index (κ1) is 14.5. The van der Waals surface area contributed by atoms with Crippen LogP contribution in [0.15, 0.2) is 53.2 Å². The lowest BCUT2D eigenvalue weighted by molar-refractivity contribution is 0.248. The van der Waals surface area contributed by atoms with Crippen molar-refractivity contribution >= 4 is 11.2 Å². The van der Waals surface area contributed by atoms with Crippen molar-refractivity contribution in [2.24, 2.45) is 0 Å². The summed E-state index contributed by atoms with van der Waals surface area (Å²) in [7, 11) is 0. The Labute approximate surface area is 136 Å². The number of aromatic nitrogens is 4. The topological polar surface area (TPSA) is 77.0 Å².